The van der Waals surface area contributed by atoms with E-state index in [-0.39, 0.29) is 0 Å². The number of hydrogen-bond donors (Lipinski definition) is 0. The van der Waals surface area contributed by atoms with Crippen molar-refractivity contribution in [3.63, 3.8) is 0 Å². The maximum absolute atomic E-state index is 13.4. The molecule has 46 heavy (non-hydrogen) atoms. The van der Waals surface area contributed by atoms with Gasteiger partial charge in [-0.3, -0.25) is 0 Å². The second kappa shape index (κ2) is 10.3. The highest BCUT2D eigenvalue weighted by atomic mass is 19.4. The summed E-state index contributed by atoms with van der Waals surface area (Å²) in [5.41, 5.74) is 0.151. The van der Waals surface area contributed by atoms with Gasteiger partial charge < -0.3 is 0 Å². The Kier molecular flexibility index (Phi) is 6.43. The van der Waals surface area contributed by atoms with Crippen molar-refractivity contribution < 1.29 is 26.3 Å². The van der Waals surface area contributed by atoms with Crippen LogP contribution in [0.1, 0.15) is 11.1 Å². The van der Waals surface area contributed by atoms with Gasteiger partial charge in [0.25, 0.3) is 0 Å². The minimum atomic E-state index is -4.51. The van der Waals surface area contributed by atoms with Gasteiger partial charge in [0.2, 0.25) is 12.4 Å². The Labute approximate surface area is 255 Å². The lowest BCUT2D eigenvalue weighted by Crippen LogP contribution is -2.04. The number of nitriles is 2. The molecule has 0 aliphatic heterocycles. The van der Waals surface area contributed by atoms with E-state index in [9.17, 15) is 36.9 Å². The first-order valence-electron chi connectivity index (χ1n) is 13.7. The quantitative estimate of drug-likeness (QED) is 0.143. The van der Waals surface area contributed by atoms with Crippen LogP contribution in [0.15, 0.2) is 107 Å². The summed E-state index contributed by atoms with van der Waals surface area (Å²) in [6.07, 6.45) is -5.38. The van der Waals surface area contributed by atoms with E-state index in [2.05, 4.69) is 9.98 Å². The summed E-state index contributed by atoms with van der Waals surface area (Å²) in [6.45, 7) is 0. The number of rotatable bonds is 2. The van der Waals surface area contributed by atoms with E-state index in [0.29, 0.717) is 54.5 Å². The third kappa shape index (κ3) is 4.63. The minimum Gasteiger partial charge on any atom is -0.172 e. The number of alkyl halides is 6. The van der Waals surface area contributed by atoms with Crippen molar-refractivity contribution in [1.82, 2.24) is 0 Å². The first kappa shape index (κ1) is 28.8. The van der Waals surface area contributed by atoms with Gasteiger partial charge in [0.15, 0.2) is 0 Å². The molecule has 0 N–H and O–H groups in total. The SMILES string of the molecule is N#CN=c1c2cc(-c3cccc(C(F)(F)F)c3)ccc2c2cc3c(cc12)c(=NC#N)c1cc(-c2cccc(C(F)(F)F)c2)ccc13. The summed E-state index contributed by atoms with van der Waals surface area (Å²) in [6, 6.07) is 23.9. The van der Waals surface area contributed by atoms with Gasteiger partial charge in [-0.25, -0.2) is 0 Å². The van der Waals surface area contributed by atoms with Crippen LogP contribution in [0, 0.1) is 22.9 Å². The Bertz CT molecular complexity index is 2410. The van der Waals surface area contributed by atoms with Crippen LogP contribution in [0.25, 0.3) is 65.3 Å². The lowest BCUT2D eigenvalue weighted by atomic mass is 10.00. The van der Waals surface area contributed by atoms with Gasteiger partial charge in [-0.15, -0.1) is 0 Å². The average Bonchev–Trinajstić information content (AvgIpc) is 3.50. The highest BCUT2D eigenvalue weighted by molar-refractivity contribution is 6.21. The molecule has 0 saturated carbocycles. The maximum atomic E-state index is 13.4. The van der Waals surface area contributed by atoms with Gasteiger partial charge in [-0.2, -0.15) is 46.9 Å². The van der Waals surface area contributed by atoms with E-state index in [4.69, 9.17) is 0 Å². The zero-order valence-electron chi connectivity index (χ0n) is 23.3. The largest absolute Gasteiger partial charge is 0.416 e. The average molecular weight is 619 g/mol. The molecular weight excluding hydrogens is 602 g/mol. The monoisotopic (exact) mass is 618 g/mol. The van der Waals surface area contributed by atoms with Crippen molar-refractivity contribution in [2.75, 3.05) is 0 Å². The second-order valence-electron chi connectivity index (χ2n) is 10.7. The van der Waals surface area contributed by atoms with Crippen LogP contribution in [0.5, 0.6) is 0 Å². The predicted octanol–water partition coefficient (Wildman–Crippen LogP) is 9.31. The smallest absolute Gasteiger partial charge is 0.172 e. The topological polar surface area (TPSA) is 72.3 Å². The van der Waals surface area contributed by atoms with Gasteiger partial charge >= 0.3 is 12.4 Å². The molecule has 0 unspecified atom stereocenters. The van der Waals surface area contributed by atoms with Crippen molar-refractivity contribution in [3.8, 4) is 34.6 Å². The van der Waals surface area contributed by atoms with Crippen molar-refractivity contribution in [1.29, 1.82) is 10.5 Å². The number of nitrogens with zero attached hydrogens (tertiary/aromatic N) is 4. The van der Waals surface area contributed by atoms with Gasteiger partial charge in [-0.05, 0) is 92.3 Å². The van der Waals surface area contributed by atoms with Crippen LogP contribution >= 0.6 is 0 Å². The van der Waals surface area contributed by atoms with E-state index >= 15 is 0 Å². The molecule has 7 rings (SSSR count). The zero-order chi connectivity index (χ0) is 32.4. The number of benzene rings is 5. The van der Waals surface area contributed by atoms with Gasteiger partial charge in [-0.1, -0.05) is 48.5 Å². The van der Waals surface area contributed by atoms with Gasteiger partial charge in [0.05, 0.1) is 21.8 Å². The van der Waals surface area contributed by atoms with Crippen LogP contribution in [0.2, 0.25) is 0 Å². The molecule has 0 heterocycles. The Morgan fingerprint density at radius 3 is 1.17 bits per heavy atom. The van der Waals surface area contributed by atoms with Crippen molar-refractivity contribution >= 4 is 43.1 Å². The molecule has 7 aromatic carbocycles. The Hall–Kier alpha value is -6.00. The maximum Gasteiger partial charge on any atom is 0.416 e. The van der Waals surface area contributed by atoms with E-state index in [1.54, 1.807) is 54.6 Å². The standard InChI is InChI=1S/C36H16F6N4/c37-35(38,39)23-5-1-3-19(11-23)21-7-9-25-27-15-28-26-10-8-22(20-4-2-6-24(12-20)36(40,41)42)14-30(26)34(46-18-44)32(28)16-31(27)33(45-17-43)29(25)13-21/h1-16H. The fraction of sp³-hybridized carbons (Fsp3) is 0.0556. The van der Waals surface area contributed by atoms with Crippen LogP contribution in [-0.2, 0) is 12.4 Å². The third-order valence-electron chi connectivity index (χ3n) is 8.17. The molecule has 0 atom stereocenters. The molecule has 0 radical (unpaired) electrons. The molecule has 0 aromatic heterocycles. The predicted molar refractivity (Wildman–Crippen MR) is 162 cm³/mol. The molecule has 0 saturated heterocycles. The van der Waals surface area contributed by atoms with Crippen LogP contribution in [0.3, 0.4) is 0 Å². The summed E-state index contributed by atoms with van der Waals surface area (Å²) in [5.74, 6) is 0. The molecule has 10 heteroatoms. The molecule has 0 bridgehead atoms. The molecule has 0 fully saturated rings. The highest BCUT2D eigenvalue weighted by Gasteiger charge is 2.31. The lowest BCUT2D eigenvalue weighted by molar-refractivity contribution is -0.138. The lowest BCUT2D eigenvalue weighted by Gasteiger charge is -2.09. The molecule has 0 spiro atoms. The van der Waals surface area contributed by atoms with E-state index < -0.39 is 23.5 Å². The molecular formula is C36H16F6N4. The van der Waals surface area contributed by atoms with Gasteiger partial charge in [0.1, 0.15) is 0 Å². The fourth-order valence-electron chi connectivity index (χ4n) is 6.13. The van der Waals surface area contributed by atoms with Crippen molar-refractivity contribution in [2.24, 2.45) is 9.98 Å². The minimum absolute atomic E-state index is 0.320. The Morgan fingerprint density at radius 2 is 0.783 bits per heavy atom. The highest BCUT2D eigenvalue weighted by Crippen LogP contribution is 2.38. The van der Waals surface area contributed by atoms with Crippen LogP contribution < -0.4 is 10.7 Å². The van der Waals surface area contributed by atoms with E-state index in [1.165, 1.54) is 12.1 Å². The summed E-state index contributed by atoms with van der Waals surface area (Å²) < 4.78 is 80.4. The second-order valence-corrected chi connectivity index (χ2v) is 10.7. The molecule has 7 aromatic rings. The number of fused-ring (bicyclic) bond motifs is 6. The van der Waals surface area contributed by atoms with Crippen molar-refractivity contribution in [3.05, 3.63) is 119 Å². The Morgan fingerprint density at radius 1 is 0.413 bits per heavy atom. The zero-order valence-corrected chi connectivity index (χ0v) is 23.3. The number of halogens is 6. The number of hydrogen-bond acceptors (Lipinski definition) is 4. The molecule has 0 aliphatic carbocycles. The van der Waals surface area contributed by atoms with Gasteiger partial charge in [0, 0.05) is 21.5 Å². The Balaban J connectivity index is 1.48. The normalized spacial score (nSPS) is 13.2. The van der Waals surface area contributed by atoms with Crippen LogP contribution in [-0.4, -0.2) is 0 Å². The summed E-state index contributed by atoms with van der Waals surface area (Å²) in [4.78, 5) is 8.14. The molecule has 0 aliphatic rings. The van der Waals surface area contributed by atoms with Crippen LogP contribution in [0.4, 0.5) is 26.3 Å². The van der Waals surface area contributed by atoms with E-state index in [1.807, 2.05) is 18.5 Å². The molecule has 4 nitrogen and oxygen atoms in total. The summed E-state index contributed by atoms with van der Waals surface area (Å²) in [7, 11) is 0. The first-order chi connectivity index (χ1) is 22.0. The molecule has 222 valence electrons. The first-order valence-corrected chi connectivity index (χ1v) is 13.7. The van der Waals surface area contributed by atoms with Crippen molar-refractivity contribution in [2.45, 2.75) is 12.4 Å². The fourth-order valence-corrected chi connectivity index (χ4v) is 6.13. The van der Waals surface area contributed by atoms with E-state index in [0.717, 1.165) is 45.8 Å². The molecule has 0 amide bonds. The summed E-state index contributed by atoms with van der Waals surface area (Å²) >= 11 is 0. The summed E-state index contributed by atoms with van der Waals surface area (Å²) in [5, 5.41) is 25.0. The third-order valence-corrected chi connectivity index (χ3v) is 8.17.